The van der Waals surface area contributed by atoms with Crippen molar-refractivity contribution < 1.29 is 13.9 Å². The number of carbonyl (C=O) groups is 1. The van der Waals surface area contributed by atoms with Gasteiger partial charge in [-0.05, 0) is 18.2 Å². The molecule has 3 heterocycles. The number of furan rings is 1. The zero-order chi connectivity index (χ0) is 19.0. The first kappa shape index (κ1) is 17.3. The second-order valence-corrected chi connectivity index (χ2v) is 7.61. The van der Waals surface area contributed by atoms with Crippen molar-refractivity contribution in [3.8, 4) is 11.7 Å². The molecule has 1 amide bonds. The Morgan fingerprint density at radius 2 is 1.89 bits per heavy atom. The van der Waals surface area contributed by atoms with Crippen LogP contribution in [0.4, 0.5) is 0 Å². The first-order chi connectivity index (χ1) is 12.9. The Hall–Kier alpha value is -3.15. The molecule has 0 fully saturated rings. The van der Waals surface area contributed by atoms with E-state index in [1.54, 1.807) is 17.0 Å². The first-order valence-electron chi connectivity index (χ1n) is 8.87. The molecular formula is C21H21N3O3. The zero-order valence-electron chi connectivity index (χ0n) is 15.6. The van der Waals surface area contributed by atoms with Crippen LogP contribution in [0.15, 0.2) is 53.1 Å². The molecule has 0 saturated carbocycles. The van der Waals surface area contributed by atoms with Gasteiger partial charge in [-0.15, -0.1) is 0 Å². The predicted molar refractivity (Wildman–Crippen MR) is 99.5 cm³/mol. The fourth-order valence-corrected chi connectivity index (χ4v) is 2.91. The number of benzene rings is 1. The third-order valence-electron chi connectivity index (χ3n) is 4.37. The number of fused-ring (bicyclic) bond motifs is 1. The summed E-state index contributed by atoms with van der Waals surface area (Å²) in [6.45, 7) is 7.15. The van der Waals surface area contributed by atoms with Crippen molar-refractivity contribution in [2.45, 2.75) is 39.3 Å². The van der Waals surface area contributed by atoms with E-state index in [1.165, 1.54) is 0 Å². The summed E-state index contributed by atoms with van der Waals surface area (Å²) in [6, 6.07) is 12.6. The number of ether oxygens (including phenoxy) is 1. The summed E-state index contributed by atoms with van der Waals surface area (Å²) in [7, 11) is 0. The number of para-hydroxylation sites is 1. The molecule has 0 unspecified atom stereocenters. The van der Waals surface area contributed by atoms with Gasteiger partial charge in [0.1, 0.15) is 11.6 Å². The fraction of sp³-hybridized carbons (Fsp3) is 0.286. The molecule has 1 aliphatic rings. The van der Waals surface area contributed by atoms with Crippen LogP contribution in [0.25, 0.3) is 0 Å². The largest absolute Gasteiger partial charge is 0.426 e. The van der Waals surface area contributed by atoms with Gasteiger partial charge in [-0.3, -0.25) is 4.79 Å². The van der Waals surface area contributed by atoms with Gasteiger partial charge in [-0.1, -0.05) is 39.0 Å². The normalized spacial score (nSPS) is 13.5. The van der Waals surface area contributed by atoms with Crippen molar-refractivity contribution in [1.82, 2.24) is 14.9 Å². The number of hydrogen-bond donors (Lipinski definition) is 0. The quantitative estimate of drug-likeness (QED) is 0.693. The van der Waals surface area contributed by atoms with E-state index in [1.807, 2.05) is 36.5 Å². The van der Waals surface area contributed by atoms with Gasteiger partial charge in [0.2, 0.25) is 0 Å². The summed E-state index contributed by atoms with van der Waals surface area (Å²) >= 11 is 0. The lowest BCUT2D eigenvalue weighted by Crippen LogP contribution is -2.25. The van der Waals surface area contributed by atoms with E-state index >= 15 is 0 Å². The van der Waals surface area contributed by atoms with Crippen LogP contribution in [-0.4, -0.2) is 20.8 Å². The highest BCUT2D eigenvalue weighted by molar-refractivity contribution is 5.92. The van der Waals surface area contributed by atoms with Crippen LogP contribution in [0.5, 0.6) is 11.7 Å². The highest BCUT2D eigenvalue weighted by atomic mass is 16.6. The maximum atomic E-state index is 12.8. The average Bonchev–Trinajstić information content (AvgIpc) is 3.27. The molecule has 1 aliphatic heterocycles. The zero-order valence-corrected chi connectivity index (χ0v) is 15.6. The molecule has 6 heteroatoms. The van der Waals surface area contributed by atoms with Gasteiger partial charge in [-0.25, -0.2) is 9.97 Å². The minimum absolute atomic E-state index is 0.128. The topological polar surface area (TPSA) is 68.5 Å². The molecule has 2 aromatic heterocycles. The van der Waals surface area contributed by atoms with Crippen LogP contribution in [-0.2, 0) is 18.5 Å². The number of carbonyl (C=O) groups excluding carboxylic acids is 1. The molecule has 3 aromatic rings. The SMILES string of the molecule is CC(C)(C)c1ncc2c(n1)CN(C(=O)c1ccc(Oc3ccccc3)o1)C2. The molecule has 0 spiro atoms. The number of nitrogens with zero attached hydrogens (tertiary/aromatic N) is 3. The van der Waals surface area contributed by atoms with Crippen molar-refractivity contribution >= 4 is 5.91 Å². The summed E-state index contributed by atoms with van der Waals surface area (Å²) in [5.41, 5.74) is 1.75. The second kappa shape index (κ2) is 6.54. The Kier molecular flexibility index (Phi) is 4.18. The Balaban J connectivity index is 1.48. The summed E-state index contributed by atoms with van der Waals surface area (Å²) < 4.78 is 11.2. The standard InChI is InChI=1S/C21H21N3O3/c1-21(2,3)20-22-11-14-12-24(13-16(14)23-20)19(25)17-9-10-18(27-17)26-15-7-5-4-6-8-15/h4-11H,12-13H2,1-3H3. The molecule has 0 saturated heterocycles. The van der Waals surface area contributed by atoms with Gasteiger partial charge in [0.15, 0.2) is 5.76 Å². The summed E-state index contributed by atoms with van der Waals surface area (Å²) in [6.07, 6.45) is 1.82. The Labute approximate surface area is 157 Å². The van der Waals surface area contributed by atoms with Crippen LogP contribution in [0.2, 0.25) is 0 Å². The van der Waals surface area contributed by atoms with Crippen molar-refractivity contribution in [3.63, 3.8) is 0 Å². The fourth-order valence-electron chi connectivity index (χ4n) is 2.91. The molecule has 4 rings (SSSR count). The van der Waals surface area contributed by atoms with Gasteiger partial charge in [0.25, 0.3) is 11.9 Å². The van der Waals surface area contributed by atoms with Gasteiger partial charge in [-0.2, -0.15) is 0 Å². The van der Waals surface area contributed by atoms with Crippen LogP contribution in [0, 0.1) is 0 Å². The van der Waals surface area contributed by atoms with Gasteiger partial charge in [0.05, 0.1) is 12.2 Å². The molecule has 0 N–H and O–H groups in total. The minimum atomic E-state index is -0.187. The van der Waals surface area contributed by atoms with Gasteiger partial charge >= 0.3 is 0 Å². The minimum Gasteiger partial charge on any atom is -0.426 e. The average molecular weight is 363 g/mol. The molecule has 6 nitrogen and oxygen atoms in total. The molecule has 1 aromatic carbocycles. The van der Waals surface area contributed by atoms with Crippen LogP contribution in [0.3, 0.4) is 0 Å². The Morgan fingerprint density at radius 3 is 2.63 bits per heavy atom. The van der Waals surface area contributed by atoms with Crippen molar-refractivity contribution in [2.75, 3.05) is 0 Å². The molecule has 0 radical (unpaired) electrons. The predicted octanol–water partition coefficient (Wildman–Crippen LogP) is 4.32. The Bertz CT molecular complexity index is 974. The summed E-state index contributed by atoms with van der Waals surface area (Å²) in [5.74, 6) is 1.79. The lowest BCUT2D eigenvalue weighted by Gasteiger charge is -2.16. The molecule has 27 heavy (non-hydrogen) atoms. The Morgan fingerprint density at radius 1 is 1.11 bits per heavy atom. The highest BCUT2D eigenvalue weighted by Crippen LogP contribution is 2.28. The molecular weight excluding hydrogens is 342 g/mol. The van der Waals surface area contributed by atoms with E-state index in [4.69, 9.17) is 9.15 Å². The second-order valence-electron chi connectivity index (χ2n) is 7.61. The molecule has 0 bridgehead atoms. The number of aromatic nitrogens is 2. The third kappa shape index (κ3) is 3.56. The smallest absolute Gasteiger partial charge is 0.290 e. The van der Waals surface area contributed by atoms with E-state index in [9.17, 15) is 4.79 Å². The van der Waals surface area contributed by atoms with Crippen LogP contribution >= 0.6 is 0 Å². The lowest BCUT2D eigenvalue weighted by molar-refractivity contribution is 0.0713. The monoisotopic (exact) mass is 363 g/mol. The number of rotatable bonds is 3. The van der Waals surface area contributed by atoms with Crippen molar-refractivity contribution in [1.29, 1.82) is 0 Å². The van der Waals surface area contributed by atoms with Crippen molar-refractivity contribution in [2.24, 2.45) is 0 Å². The molecule has 0 atom stereocenters. The highest BCUT2D eigenvalue weighted by Gasteiger charge is 2.29. The maximum Gasteiger partial charge on any atom is 0.290 e. The van der Waals surface area contributed by atoms with Gasteiger partial charge < -0.3 is 14.1 Å². The van der Waals surface area contributed by atoms with Crippen LogP contribution in [0.1, 0.15) is 48.4 Å². The van der Waals surface area contributed by atoms with E-state index < -0.39 is 0 Å². The van der Waals surface area contributed by atoms with E-state index in [-0.39, 0.29) is 23.0 Å². The third-order valence-corrected chi connectivity index (χ3v) is 4.37. The molecule has 0 aliphatic carbocycles. The van der Waals surface area contributed by atoms with Crippen molar-refractivity contribution in [3.05, 3.63) is 71.5 Å². The number of amides is 1. The van der Waals surface area contributed by atoms with E-state index in [2.05, 4.69) is 30.7 Å². The number of hydrogen-bond acceptors (Lipinski definition) is 5. The summed E-state index contributed by atoms with van der Waals surface area (Å²) in [4.78, 5) is 23.6. The first-order valence-corrected chi connectivity index (χ1v) is 8.87. The maximum absolute atomic E-state index is 12.8. The summed E-state index contributed by atoms with van der Waals surface area (Å²) in [5, 5.41) is 0. The van der Waals surface area contributed by atoms with E-state index in [0.29, 0.717) is 18.8 Å². The van der Waals surface area contributed by atoms with Crippen LogP contribution < -0.4 is 4.74 Å². The molecule has 138 valence electrons. The van der Waals surface area contributed by atoms with E-state index in [0.717, 1.165) is 17.1 Å². The van der Waals surface area contributed by atoms with Gasteiger partial charge in [0, 0.05) is 29.8 Å². The lowest BCUT2D eigenvalue weighted by atomic mass is 9.95.